The molecule has 0 radical (unpaired) electrons. The van der Waals surface area contributed by atoms with Crippen LogP contribution in [-0.4, -0.2) is 17.2 Å². The average Bonchev–Trinajstić information content (AvgIpc) is 2.42. The van der Waals surface area contributed by atoms with Gasteiger partial charge in [0.25, 0.3) is 0 Å². The fraction of sp³-hybridized carbons (Fsp3) is 0.154. The van der Waals surface area contributed by atoms with Crippen LogP contribution >= 0.6 is 15.9 Å². The third kappa shape index (κ3) is 3.00. The first-order valence-corrected chi connectivity index (χ1v) is 6.09. The molecule has 1 aromatic carbocycles. The van der Waals surface area contributed by atoms with Gasteiger partial charge in [-0.05, 0) is 29.8 Å². The number of rotatable bonds is 4. The molecule has 0 aliphatic heterocycles. The zero-order valence-electron chi connectivity index (χ0n) is 9.76. The Balaban J connectivity index is 2.17. The quantitative estimate of drug-likeness (QED) is 0.942. The molecule has 1 heterocycles. The zero-order chi connectivity index (χ0) is 13.0. The van der Waals surface area contributed by atoms with E-state index in [0.717, 1.165) is 10.0 Å². The van der Waals surface area contributed by atoms with Gasteiger partial charge < -0.3 is 14.6 Å². The van der Waals surface area contributed by atoms with E-state index in [9.17, 15) is 0 Å². The van der Waals surface area contributed by atoms with Crippen LogP contribution in [0.4, 0.5) is 0 Å². The van der Waals surface area contributed by atoms with E-state index in [1.165, 1.54) is 0 Å². The van der Waals surface area contributed by atoms with Gasteiger partial charge in [-0.25, -0.2) is 4.98 Å². The van der Waals surface area contributed by atoms with E-state index in [-0.39, 0.29) is 6.61 Å². The number of hydrogen-bond acceptors (Lipinski definition) is 4. The molecule has 5 heteroatoms. The van der Waals surface area contributed by atoms with Crippen molar-refractivity contribution in [1.29, 1.82) is 0 Å². The zero-order valence-corrected chi connectivity index (χ0v) is 11.3. The third-order valence-electron chi connectivity index (χ3n) is 2.35. The number of nitrogens with zero attached hydrogens (tertiary/aromatic N) is 1. The van der Waals surface area contributed by atoms with Gasteiger partial charge in [0.05, 0.1) is 19.9 Å². The first-order valence-electron chi connectivity index (χ1n) is 5.30. The largest absolute Gasteiger partial charge is 0.495 e. The Morgan fingerprint density at radius 1 is 1.22 bits per heavy atom. The SMILES string of the molecule is COc1ccc(Oc2ccc(Br)c(CO)c2)nc1. The average molecular weight is 310 g/mol. The van der Waals surface area contributed by atoms with Crippen LogP contribution in [-0.2, 0) is 6.61 Å². The number of pyridine rings is 1. The summed E-state index contributed by atoms with van der Waals surface area (Å²) < 4.78 is 11.4. The summed E-state index contributed by atoms with van der Waals surface area (Å²) in [6.07, 6.45) is 1.58. The molecule has 18 heavy (non-hydrogen) atoms. The summed E-state index contributed by atoms with van der Waals surface area (Å²) >= 11 is 3.35. The molecule has 0 amide bonds. The van der Waals surface area contributed by atoms with Crippen molar-refractivity contribution in [3.63, 3.8) is 0 Å². The summed E-state index contributed by atoms with van der Waals surface area (Å²) in [7, 11) is 1.58. The van der Waals surface area contributed by atoms with Gasteiger partial charge in [-0.1, -0.05) is 15.9 Å². The van der Waals surface area contributed by atoms with Gasteiger partial charge in [0.15, 0.2) is 0 Å². The topological polar surface area (TPSA) is 51.6 Å². The number of aromatic nitrogens is 1. The molecular formula is C13H12BrNO3. The Bertz CT molecular complexity index is 528. The lowest BCUT2D eigenvalue weighted by Crippen LogP contribution is -1.91. The number of aliphatic hydroxyl groups is 1. The maximum Gasteiger partial charge on any atom is 0.219 e. The van der Waals surface area contributed by atoms with Gasteiger partial charge in [0.2, 0.25) is 5.88 Å². The molecule has 0 bridgehead atoms. The van der Waals surface area contributed by atoms with Crippen molar-refractivity contribution >= 4 is 15.9 Å². The normalized spacial score (nSPS) is 10.2. The van der Waals surface area contributed by atoms with Crippen molar-refractivity contribution in [2.75, 3.05) is 7.11 Å². The molecule has 0 atom stereocenters. The van der Waals surface area contributed by atoms with E-state index in [1.807, 2.05) is 6.07 Å². The number of aliphatic hydroxyl groups excluding tert-OH is 1. The first-order chi connectivity index (χ1) is 8.72. The second-order valence-corrected chi connectivity index (χ2v) is 4.40. The Morgan fingerprint density at radius 3 is 2.61 bits per heavy atom. The minimum atomic E-state index is -0.0478. The number of benzene rings is 1. The van der Waals surface area contributed by atoms with Crippen LogP contribution in [0.5, 0.6) is 17.4 Å². The lowest BCUT2D eigenvalue weighted by atomic mass is 10.2. The highest BCUT2D eigenvalue weighted by Gasteiger charge is 2.03. The second-order valence-electron chi connectivity index (χ2n) is 3.55. The number of hydrogen-bond donors (Lipinski definition) is 1. The van der Waals surface area contributed by atoms with Crippen LogP contribution in [0.3, 0.4) is 0 Å². The summed E-state index contributed by atoms with van der Waals surface area (Å²) in [6.45, 7) is -0.0478. The van der Waals surface area contributed by atoms with Gasteiger partial charge in [-0.2, -0.15) is 0 Å². The Morgan fingerprint density at radius 2 is 2.00 bits per heavy atom. The lowest BCUT2D eigenvalue weighted by molar-refractivity contribution is 0.280. The van der Waals surface area contributed by atoms with Crippen LogP contribution in [0.1, 0.15) is 5.56 Å². The van der Waals surface area contributed by atoms with Crippen LogP contribution in [0.25, 0.3) is 0 Å². The summed E-state index contributed by atoms with van der Waals surface area (Å²) in [6, 6.07) is 8.88. The molecule has 2 aromatic rings. The maximum atomic E-state index is 9.16. The molecule has 0 aliphatic rings. The molecule has 0 saturated heterocycles. The summed E-state index contributed by atoms with van der Waals surface area (Å²) in [4.78, 5) is 4.10. The van der Waals surface area contributed by atoms with Crippen molar-refractivity contribution in [2.45, 2.75) is 6.61 Å². The molecule has 1 N–H and O–H groups in total. The first kappa shape index (κ1) is 12.9. The van der Waals surface area contributed by atoms with Gasteiger partial charge in [0, 0.05) is 10.5 Å². The second kappa shape index (κ2) is 5.84. The number of halogens is 1. The van der Waals surface area contributed by atoms with Crippen LogP contribution in [0.15, 0.2) is 41.0 Å². The molecular weight excluding hydrogens is 298 g/mol. The Hall–Kier alpha value is -1.59. The Labute approximate surface area is 113 Å². The maximum absolute atomic E-state index is 9.16. The molecule has 4 nitrogen and oxygen atoms in total. The standard InChI is InChI=1S/C13H12BrNO3/c1-17-11-3-5-13(15-7-11)18-10-2-4-12(14)9(6-10)8-16/h2-7,16H,8H2,1H3. The predicted octanol–water partition coefficient (Wildman–Crippen LogP) is 3.14. The third-order valence-corrected chi connectivity index (χ3v) is 3.13. The highest BCUT2D eigenvalue weighted by Crippen LogP contribution is 2.26. The van der Waals surface area contributed by atoms with Crippen molar-refractivity contribution in [3.8, 4) is 17.4 Å². The molecule has 1 aromatic heterocycles. The van der Waals surface area contributed by atoms with Gasteiger partial charge in [0.1, 0.15) is 11.5 Å². The molecule has 94 valence electrons. The van der Waals surface area contributed by atoms with Gasteiger partial charge in [-0.3, -0.25) is 0 Å². The van der Waals surface area contributed by atoms with Crippen molar-refractivity contribution < 1.29 is 14.6 Å². The van der Waals surface area contributed by atoms with Crippen molar-refractivity contribution in [1.82, 2.24) is 4.98 Å². The summed E-state index contributed by atoms with van der Waals surface area (Å²) in [5.41, 5.74) is 0.765. The van der Waals surface area contributed by atoms with Crippen LogP contribution in [0.2, 0.25) is 0 Å². The van der Waals surface area contributed by atoms with E-state index < -0.39 is 0 Å². The summed E-state index contributed by atoms with van der Waals surface area (Å²) in [5.74, 6) is 1.77. The molecule has 0 unspecified atom stereocenters. The molecule has 0 spiro atoms. The van der Waals surface area contributed by atoms with E-state index >= 15 is 0 Å². The monoisotopic (exact) mass is 309 g/mol. The lowest BCUT2D eigenvalue weighted by Gasteiger charge is -2.07. The minimum Gasteiger partial charge on any atom is -0.495 e. The number of ether oxygens (including phenoxy) is 2. The van der Waals surface area contributed by atoms with E-state index in [2.05, 4.69) is 20.9 Å². The van der Waals surface area contributed by atoms with E-state index in [4.69, 9.17) is 14.6 Å². The molecule has 0 saturated carbocycles. The fourth-order valence-corrected chi connectivity index (χ4v) is 1.78. The summed E-state index contributed by atoms with van der Waals surface area (Å²) in [5, 5.41) is 9.16. The highest BCUT2D eigenvalue weighted by molar-refractivity contribution is 9.10. The van der Waals surface area contributed by atoms with Crippen LogP contribution in [0, 0.1) is 0 Å². The number of methoxy groups -OCH3 is 1. The predicted molar refractivity (Wildman–Crippen MR) is 70.9 cm³/mol. The van der Waals surface area contributed by atoms with Gasteiger partial charge >= 0.3 is 0 Å². The Kier molecular flexibility index (Phi) is 4.17. The van der Waals surface area contributed by atoms with Crippen molar-refractivity contribution in [3.05, 3.63) is 46.6 Å². The van der Waals surface area contributed by atoms with Crippen molar-refractivity contribution in [2.24, 2.45) is 0 Å². The van der Waals surface area contributed by atoms with Crippen LogP contribution < -0.4 is 9.47 Å². The van der Waals surface area contributed by atoms with Gasteiger partial charge in [-0.15, -0.1) is 0 Å². The fourth-order valence-electron chi connectivity index (χ4n) is 1.40. The molecule has 2 rings (SSSR count). The molecule has 0 fully saturated rings. The van der Waals surface area contributed by atoms with E-state index in [0.29, 0.717) is 17.4 Å². The highest BCUT2D eigenvalue weighted by atomic mass is 79.9. The molecule has 0 aliphatic carbocycles. The minimum absolute atomic E-state index is 0.0478. The van der Waals surface area contributed by atoms with E-state index in [1.54, 1.807) is 37.6 Å². The smallest absolute Gasteiger partial charge is 0.219 e.